The van der Waals surface area contributed by atoms with Crippen LogP contribution in [0.15, 0.2) is 48.5 Å². The van der Waals surface area contributed by atoms with E-state index in [4.69, 9.17) is 4.74 Å². The van der Waals surface area contributed by atoms with Gasteiger partial charge in [-0.15, -0.1) is 0 Å². The van der Waals surface area contributed by atoms with Crippen LogP contribution < -0.4 is 5.32 Å². The highest BCUT2D eigenvalue weighted by atomic mass is 16.6. The molecule has 30 heavy (non-hydrogen) atoms. The largest absolute Gasteiger partial charge is 0.459 e. The zero-order valence-corrected chi connectivity index (χ0v) is 18.0. The molecule has 1 amide bonds. The highest BCUT2D eigenvalue weighted by Gasteiger charge is 2.26. The number of hydrogen-bond acceptors (Lipinski definition) is 5. The van der Waals surface area contributed by atoms with Gasteiger partial charge in [0.15, 0.2) is 0 Å². The van der Waals surface area contributed by atoms with Crippen molar-refractivity contribution in [2.24, 2.45) is 5.92 Å². The molecule has 0 spiro atoms. The minimum absolute atomic E-state index is 0.0167. The summed E-state index contributed by atoms with van der Waals surface area (Å²) in [5.41, 5.74) is 2.16. The van der Waals surface area contributed by atoms with Gasteiger partial charge < -0.3 is 10.1 Å². The third-order valence-corrected chi connectivity index (χ3v) is 4.75. The van der Waals surface area contributed by atoms with Crippen LogP contribution in [0.2, 0.25) is 0 Å². The van der Waals surface area contributed by atoms with Crippen molar-refractivity contribution in [1.29, 1.82) is 0 Å². The molecule has 0 aliphatic rings. The van der Waals surface area contributed by atoms with Crippen molar-refractivity contribution >= 4 is 17.6 Å². The molecule has 160 valence electrons. The van der Waals surface area contributed by atoms with E-state index in [1.807, 2.05) is 26.0 Å². The van der Waals surface area contributed by atoms with Crippen LogP contribution in [0.25, 0.3) is 0 Å². The Hall–Kier alpha value is -3.22. The highest BCUT2D eigenvalue weighted by Crippen LogP contribution is 2.22. The lowest BCUT2D eigenvalue weighted by atomic mass is 9.86. The number of nitro groups is 1. The van der Waals surface area contributed by atoms with E-state index in [9.17, 15) is 19.7 Å². The summed E-state index contributed by atoms with van der Waals surface area (Å²) in [6, 6.07) is 12.3. The van der Waals surface area contributed by atoms with E-state index < -0.39 is 16.9 Å². The zero-order chi connectivity index (χ0) is 22.5. The van der Waals surface area contributed by atoms with Gasteiger partial charge in [-0.3, -0.25) is 14.9 Å². The molecular formula is C23H28N2O5. The molecule has 0 fully saturated rings. The van der Waals surface area contributed by atoms with Crippen LogP contribution in [0.3, 0.4) is 0 Å². The molecule has 0 saturated carbocycles. The predicted octanol–water partition coefficient (Wildman–Crippen LogP) is 4.39. The number of amides is 1. The molecule has 7 nitrogen and oxygen atoms in total. The Morgan fingerprint density at radius 2 is 1.60 bits per heavy atom. The average molecular weight is 412 g/mol. The number of esters is 1. The molecule has 0 heterocycles. The Morgan fingerprint density at radius 1 is 1.03 bits per heavy atom. The molecular weight excluding hydrogens is 384 g/mol. The van der Waals surface area contributed by atoms with Crippen LogP contribution in [-0.4, -0.2) is 22.8 Å². The number of hydrogen-bond donors (Lipinski definition) is 1. The van der Waals surface area contributed by atoms with Crippen LogP contribution in [0.1, 0.15) is 56.1 Å². The molecule has 2 rings (SSSR count). The fourth-order valence-corrected chi connectivity index (χ4v) is 2.80. The van der Waals surface area contributed by atoms with Gasteiger partial charge in [-0.05, 0) is 46.7 Å². The molecule has 0 radical (unpaired) electrons. The van der Waals surface area contributed by atoms with Gasteiger partial charge in [0, 0.05) is 17.7 Å². The number of benzene rings is 2. The summed E-state index contributed by atoms with van der Waals surface area (Å²) in [5, 5.41) is 13.5. The minimum atomic E-state index is -0.808. The topological polar surface area (TPSA) is 98.5 Å². The van der Waals surface area contributed by atoms with Crippen LogP contribution in [0.4, 0.5) is 5.69 Å². The number of carbonyl (C=O) groups excluding carboxylic acids is 2. The molecule has 2 aromatic rings. The van der Waals surface area contributed by atoms with Crippen LogP contribution in [0, 0.1) is 16.0 Å². The van der Waals surface area contributed by atoms with Gasteiger partial charge in [-0.25, -0.2) is 4.79 Å². The van der Waals surface area contributed by atoms with E-state index in [1.165, 1.54) is 24.3 Å². The van der Waals surface area contributed by atoms with E-state index in [1.54, 1.807) is 12.1 Å². The van der Waals surface area contributed by atoms with Crippen molar-refractivity contribution in [3.63, 3.8) is 0 Å². The standard InChI is InChI=1S/C23H28N2O5/c1-15(2)20(22(27)30-14-16-6-12-19(13-7-16)25(28)29)24-21(26)17-8-10-18(11-9-17)23(3,4)5/h6-13,15,20H,14H2,1-5H3,(H,24,26)/t20-/m1/s1. The van der Waals surface area contributed by atoms with Crippen molar-refractivity contribution in [3.8, 4) is 0 Å². The Bertz CT molecular complexity index is 897. The van der Waals surface area contributed by atoms with E-state index in [0.717, 1.165) is 5.56 Å². The van der Waals surface area contributed by atoms with Crippen LogP contribution in [-0.2, 0) is 21.6 Å². The third-order valence-electron chi connectivity index (χ3n) is 4.75. The number of non-ortho nitro benzene ring substituents is 1. The first-order valence-electron chi connectivity index (χ1n) is 9.80. The number of nitrogens with zero attached hydrogens (tertiary/aromatic N) is 1. The second kappa shape index (κ2) is 9.52. The molecule has 2 aromatic carbocycles. The monoisotopic (exact) mass is 412 g/mol. The van der Waals surface area contributed by atoms with Gasteiger partial charge in [-0.1, -0.05) is 46.8 Å². The minimum Gasteiger partial charge on any atom is -0.459 e. The first-order valence-corrected chi connectivity index (χ1v) is 9.80. The summed E-state index contributed by atoms with van der Waals surface area (Å²) in [4.78, 5) is 35.4. The van der Waals surface area contributed by atoms with Gasteiger partial charge in [-0.2, -0.15) is 0 Å². The van der Waals surface area contributed by atoms with Gasteiger partial charge in [0.25, 0.3) is 11.6 Å². The van der Waals surface area contributed by atoms with Gasteiger partial charge in [0.2, 0.25) is 0 Å². The van der Waals surface area contributed by atoms with Gasteiger partial charge in [0.05, 0.1) is 4.92 Å². The summed E-state index contributed by atoms with van der Waals surface area (Å²) in [6.07, 6.45) is 0. The summed E-state index contributed by atoms with van der Waals surface area (Å²) < 4.78 is 5.33. The Morgan fingerprint density at radius 3 is 2.07 bits per heavy atom. The molecule has 0 bridgehead atoms. The average Bonchev–Trinajstić information content (AvgIpc) is 2.69. The molecule has 0 saturated heterocycles. The van der Waals surface area contributed by atoms with E-state index in [2.05, 4.69) is 26.1 Å². The number of carbonyl (C=O) groups is 2. The lowest BCUT2D eigenvalue weighted by Gasteiger charge is -2.22. The quantitative estimate of drug-likeness (QED) is 0.413. The maximum Gasteiger partial charge on any atom is 0.329 e. The Kier molecular flexibility index (Phi) is 7.32. The maximum absolute atomic E-state index is 12.6. The molecule has 0 aliphatic carbocycles. The Labute approximate surface area is 176 Å². The number of nitrogens with one attached hydrogen (secondary N) is 1. The third kappa shape index (κ3) is 6.14. The summed E-state index contributed by atoms with van der Waals surface area (Å²) in [7, 11) is 0. The summed E-state index contributed by atoms with van der Waals surface area (Å²) in [5.74, 6) is -1.07. The van der Waals surface area contributed by atoms with Crippen molar-refractivity contribution in [2.75, 3.05) is 0 Å². The SMILES string of the molecule is CC(C)[C@@H](NC(=O)c1ccc(C(C)(C)C)cc1)C(=O)OCc1ccc([N+](=O)[O-])cc1. The molecule has 0 unspecified atom stereocenters. The van der Waals surface area contributed by atoms with Crippen molar-refractivity contribution in [1.82, 2.24) is 5.32 Å². The second-order valence-corrected chi connectivity index (χ2v) is 8.55. The first kappa shape index (κ1) is 23.1. The van der Waals surface area contributed by atoms with Gasteiger partial charge in [0.1, 0.15) is 12.6 Å². The summed E-state index contributed by atoms with van der Waals surface area (Å²) >= 11 is 0. The zero-order valence-electron chi connectivity index (χ0n) is 18.0. The fraction of sp³-hybridized carbons (Fsp3) is 0.391. The molecule has 7 heteroatoms. The summed E-state index contributed by atoms with van der Waals surface area (Å²) in [6.45, 7) is 9.89. The lowest BCUT2D eigenvalue weighted by molar-refractivity contribution is -0.384. The smallest absolute Gasteiger partial charge is 0.329 e. The number of nitro benzene ring substituents is 1. The van der Waals surface area contributed by atoms with Crippen molar-refractivity contribution in [3.05, 3.63) is 75.3 Å². The Balaban J connectivity index is 2.01. The fourth-order valence-electron chi connectivity index (χ4n) is 2.80. The van der Waals surface area contributed by atoms with Crippen LogP contribution >= 0.6 is 0 Å². The van der Waals surface area contributed by atoms with Crippen molar-refractivity contribution in [2.45, 2.75) is 52.7 Å². The van der Waals surface area contributed by atoms with Crippen molar-refractivity contribution < 1.29 is 19.2 Å². The highest BCUT2D eigenvalue weighted by molar-refractivity contribution is 5.96. The number of rotatable bonds is 7. The van der Waals surface area contributed by atoms with E-state index >= 15 is 0 Å². The maximum atomic E-state index is 12.6. The number of ether oxygens (including phenoxy) is 1. The second-order valence-electron chi connectivity index (χ2n) is 8.55. The predicted molar refractivity (Wildman–Crippen MR) is 114 cm³/mol. The van der Waals surface area contributed by atoms with E-state index in [0.29, 0.717) is 11.1 Å². The van der Waals surface area contributed by atoms with Crippen LogP contribution in [0.5, 0.6) is 0 Å². The molecule has 1 atom stereocenters. The molecule has 0 aliphatic heterocycles. The lowest BCUT2D eigenvalue weighted by Crippen LogP contribution is -2.45. The normalized spacial score (nSPS) is 12.3. The van der Waals surface area contributed by atoms with E-state index in [-0.39, 0.29) is 29.5 Å². The molecule has 1 N–H and O–H groups in total. The molecule has 0 aromatic heterocycles. The van der Waals surface area contributed by atoms with Gasteiger partial charge >= 0.3 is 5.97 Å². The first-order chi connectivity index (χ1) is 14.0.